The summed E-state index contributed by atoms with van der Waals surface area (Å²) in [7, 11) is 0. The van der Waals surface area contributed by atoms with Crippen LogP contribution in [0.3, 0.4) is 0 Å². The molecule has 1 atom stereocenters. The third-order valence-corrected chi connectivity index (χ3v) is 4.12. The number of hydrogen-bond donors (Lipinski definition) is 1. The van der Waals surface area contributed by atoms with Crippen LogP contribution in [0.1, 0.15) is 42.2 Å². The summed E-state index contributed by atoms with van der Waals surface area (Å²) < 4.78 is 0. The first-order chi connectivity index (χ1) is 12.5. The fourth-order valence-corrected chi connectivity index (χ4v) is 2.77. The van der Waals surface area contributed by atoms with Crippen LogP contribution in [-0.4, -0.2) is 29.8 Å². The molecule has 136 valence electrons. The second kappa shape index (κ2) is 9.56. The van der Waals surface area contributed by atoms with Crippen molar-refractivity contribution in [3.05, 3.63) is 83.9 Å². The number of amides is 2. The van der Waals surface area contributed by atoms with Crippen LogP contribution < -0.4 is 5.32 Å². The van der Waals surface area contributed by atoms with Gasteiger partial charge in [-0.2, -0.15) is 0 Å². The van der Waals surface area contributed by atoms with Crippen molar-refractivity contribution in [1.82, 2.24) is 10.2 Å². The SMILES string of the molecule is C=C(C)CN(CC)C(=O)C[C@H](NC(=O)c1ccccc1)c1ccccc1. The number of carbonyl (C=O) groups excluding carboxylic acids is 2. The lowest BCUT2D eigenvalue weighted by Crippen LogP contribution is -2.37. The molecular formula is C22H26N2O2. The number of benzene rings is 2. The highest BCUT2D eigenvalue weighted by Crippen LogP contribution is 2.19. The van der Waals surface area contributed by atoms with Gasteiger partial charge in [-0.25, -0.2) is 0 Å². The first kappa shape index (κ1) is 19.4. The van der Waals surface area contributed by atoms with Crippen LogP contribution in [0.2, 0.25) is 0 Å². The summed E-state index contributed by atoms with van der Waals surface area (Å²) in [6.45, 7) is 8.88. The summed E-state index contributed by atoms with van der Waals surface area (Å²) >= 11 is 0. The Morgan fingerprint density at radius 2 is 1.62 bits per heavy atom. The summed E-state index contributed by atoms with van der Waals surface area (Å²) in [5.41, 5.74) is 2.43. The van der Waals surface area contributed by atoms with Gasteiger partial charge in [-0.05, 0) is 31.5 Å². The molecule has 2 rings (SSSR count). The monoisotopic (exact) mass is 350 g/mol. The normalized spacial score (nSPS) is 11.5. The van der Waals surface area contributed by atoms with Gasteiger partial charge in [0.1, 0.15) is 0 Å². The van der Waals surface area contributed by atoms with Crippen molar-refractivity contribution in [3.63, 3.8) is 0 Å². The van der Waals surface area contributed by atoms with Gasteiger partial charge in [0, 0.05) is 18.7 Å². The number of rotatable bonds is 8. The predicted octanol–water partition coefficient (Wildman–Crippen LogP) is 3.97. The van der Waals surface area contributed by atoms with Crippen molar-refractivity contribution in [1.29, 1.82) is 0 Å². The van der Waals surface area contributed by atoms with Crippen LogP contribution in [0, 0.1) is 0 Å². The van der Waals surface area contributed by atoms with E-state index in [1.165, 1.54) is 0 Å². The topological polar surface area (TPSA) is 49.4 Å². The van der Waals surface area contributed by atoms with Gasteiger partial charge in [-0.3, -0.25) is 9.59 Å². The Morgan fingerprint density at radius 1 is 1.04 bits per heavy atom. The van der Waals surface area contributed by atoms with E-state index < -0.39 is 0 Å². The molecule has 0 heterocycles. The van der Waals surface area contributed by atoms with Crippen molar-refractivity contribution >= 4 is 11.8 Å². The average Bonchev–Trinajstić information content (AvgIpc) is 2.66. The van der Waals surface area contributed by atoms with Crippen molar-refractivity contribution in [2.75, 3.05) is 13.1 Å². The molecule has 2 aromatic carbocycles. The number of nitrogens with one attached hydrogen (secondary N) is 1. The smallest absolute Gasteiger partial charge is 0.251 e. The third kappa shape index (κ3) is 5.59. The van der Waals surface area contributed by atoms with E-state index in [-0.39, 0.29) is 24.3 Å². The van der Waals surface area contributed by atoms with E-state index in [9.17, 15) is 9.59 Å². The molecular weight excluding hydrogens is 324 g/mol. The quantitative estimate of drug-likeness (QED) is 0.732. The molecule has 0 saturated carbocycles. The molecule has 1 N–H and O–H groups in total. The van der Waals surface area contributed by atoms with E-state index in [0.29, 0.717) is 18.7 Å². The number of likely N-dealkylation sites (N-methyl/N-ethyl adjacent to an activating group) is 1. The maximum absolute atomic E-state index is 12.7. The first-order valence-electron chi connectivity index (χ1n) is 8.84. The number of hydrogen-bond acceptors (Lipinski definition) is 2. The largest absolute Gasteiger partial charge is 0.345 e. The summed E-state index contributed by atoms with van der Waals surface area (Å²) in [4.78, 5) is 27.1. The van der Waals surface area contributed by atoms with Gasteiger partial charge in [0.05, 0.1) is 12.5 Å². The minimum Gasteiger partial charge on any atom is -0.345 e. The Morgan fingerprint density at radius 3 is 2.15 bits per heavy atom. The molecule has 4 nitrogen and oxygen atoms in total. The molecule has 0 bridgehead atoms. The number of carbonyl (C=O) groups is 2. The molecule has 2 amide bonds. The van der Waals surface area contributed by atoms with Gasteiger partial charge in [0.2, 0.25) is 5.91 Å². The standard InChI is InChI=1S/C22H26N2O2/c1-4-24(16-17(2)3)21(25)15-20(18-11-7-5-8-12-18)23-22(26)19-13-9-6-10-14-19/h5-14,20H,2,4,15-16H2,1,3H3,(H,23,26)/t20-/m0/s1. The molecule has 2 aromatic rings. The minimum absolute atomic E-state index is 0.00212. The molecule has 0 aliphatic heterocycles. The molecule has 0 radical (unpaired) electrons. The Balaban J connectivity index is 2.18. The van der Waals surface area contributed by atoms with Crippen LogP contribution >= 0.6 is 0 Å². The molecule has 4 heteroatoms. The van der Waals surface area contributed by atoms with E-state index in [1.807, 2.05) is 62.4 Å². The van der Waals surface area contributed by atoms with E-state index >= 15 is 0 Å². The fraction of sp³-hybridized carbons (Fsp3) is 0.273. The molecule has 0 saturated heterocycles. The zero-order valence-corrected chi connectivity index (χ0v) is 15.4. The van der Waals surface area contributed by atoms with E-state index in [2.05, 4.69) is 11.9 Å². The second-order valence-corrected chi connectivity index (χ2v) is 6.37. The van der Waals surface area contributed by atoms with Gasteiger partial charge >= 0.3 is 0 Å². The molecule has 0 fully saturated rings. The second-order valence-electron chi connectivity index (χ2n) is 6.37. The number of nitrogens with zero attached hydrogens (tertiary/aromatic N) is 1. The lowest BCUT2D eigenvalue weighted by atomic mass is 10.0. The van der Waals surface area contributed by atoms with E-state index in [0.717, 1.165) is 11.1 Å². The highest BCUT2D eigenvalue weighted by atomic mass is 16.2. The van der Waals surface area contributed by atoms with Crippen LogP contribution in [0.4, 0.5) is 0 Å². The zero-order chi connectivity index (χ0) is 18.9. The van der Waals surface area contributed by atoms with Gasteiger partial charge < -0.3 is 10.2 Å². The lowest BCUT2D eigenvalue weighted by molar-refractivity contribution is -0.131. The molecule has 0 aliphatic rings. The van der Waals surface area contributed by atoms with Crippen LogP contribution in [0.15, 0.2) is 72.8 Å². The van der Waals surface area contributed by atoms with Gasteiger partial charge in [-0.15, -0.1) is 0 Å². The van der Waals surface area contributed by atoms with E-state index in [4.69, 9.17) is 0 Å². The van der Waals surface area contributed by atoms with Gasteiger partial charge in [0.15, 0.2) is 0 Å². The van der Waals surface area contributed by atoms with Crippen molar-refractivity contribution in [2.45, 2.75) is 26.3 Å². The molecule has 0 unspecified atom stereocenters. The summed E-state index contributed by atoms with van der Waals surface area (Å²) in [6.07, 6.45) is 0.212. The first-order valence-corrected chi connectivity index (χ1v) is 8.84. The minimum atomic E-state index is -0.379. The van der Waals surface area contributed by atoms with Crippen LogP contribution in [0.25, 0.3) is 0 Å². The fourth-order valence-electron chi connectivity index (χ4n) is 2.77. The van der Waals surface area contributed by atoms with Crippen LogP contribution in [0.5, 0.6) is 0 Å². The predicted molar refractivity (Wildman–Crippen MR) is 105 cm³/mol. The summed E-state index contributed by atoms with van der Waals surface area (Å²) in [5, 5.41) is 3.00. The highest BCUT2D eigenvalue weighted by Gasteiger charge is 2.22. The van der Waals surface area contributed by atoms with Crippen molar-refractivity contribution in [2.24, 2.45) is 0 Å². The zero-order valence-electron chi connectivity index (χ0n) is 15.4. The van der Waals surface area contributed by atoms with Crippen molar-refractivity contribution in [3.8, 4) is 0 Å². The molecule has 26 heavy (non-hydrogen) atoms. The highest BCUT2D eigenvalue weighted by molar-refractivity contribution is 5.94. The summed E-state index contributed by atoms with van der Waals surface area (Å²) in [6, 6.07) is 18.3. The molecule has 0 aliphatic carbocycles. The maximum atomic E-state index is 12.7. The third-order valence-electron chi connectivity index (χ3n) is 4.12. The molecule has 0 spiro atoms. The van der Waals surface area contributed by atoms with Gasteiger partial charge in [0.25, 0.3) is 5.91 Å². The Hall–Kier alpha value is -2.88. The lowest BCUT2D eigenvalue weighted by Gasteiger charge is -2.25. The summed E-state index contributed by atoms with van der Waals surface area (Å²) in [5.74, 6) is -0.187. The Kier molecular flexibility index (Phi) is 7.15. The average molecular weight is 350 g/mol. The van der Waals surface area contributed by atoms with Gasteiger partial charge in [-0.1, -0.05) is 60.7 Å². The molecule has 0 aromatic heterocycles. The van der Waals surface area contributed by atoms with E-state index in [1.54, 1.807) is 17.0 Å². The maximum Gasteiger partial charge on any atom is 0.251 e. The van der Waals surface area contributed by atoms with Crippen LogP contribution in [-0.2, 0) is 4.79 Å². The Labute approximate surface area is 155 Å². The Bertz CT molecular complexity index is 741. The van der Waals surface area contributed by atoms with Crippen molar-refractivity contribution < 1.29 is 9.59 Å².